The third kappa shape index (κ3) is 9.88. The molecule has 4 rings (SSSR count). The number of amides is 3. The minimum absolute atomic E-state index is 0.0377. The van der Waals surface area contributed by atoms with Crippen molar-refractivity contribution in [3.63, 3.8) is 0 Å². The van der Waals surface area contributed by atoms with Crippen LogP contribution >= 0.6 is 0 Å². The summed E-state index contributed by atoms with van der Waals surface area (Å²) in [5, 5.41) is 13.1. The number of nitrogens with zero attached hydrogens (tertiary/aromatic N) is 3. The SMILES string of the molecule is CC(O)CCN(c1ccc(OCc2ccccc2)cc1)C1CCN(C(=O)[C@H](CNC(=O)N2CCCCCC2)C(C)C)CC1. The van der Waals surface area contributed by atoms with Crippen molar-refractivity contribution in [2.45, 2.75) is 84.5 Å². The summed E-state index contributed by atoms with van der Waals surface area (Å²) in [5.74, 6) is 0.869. The Hall–Kier alpha value is -3.26. The van der Waals surface area contributed by atoms with Crippen LogP contribution in [0.1, 0.15) is 71.3 Å². The van der Waals surface area contributed by atoms with Crippen molar-refractivity contribution in [1.82, 2.24) is 15.1 Å². The van der Waals surface area contributed by atoms with Gasteiger partial charge in [-0.05, 0) is 74.8 Å². The maximum atomic E-state index is 13.6. The number of rotatable bonds is 12. The molecule has 2 aromatic rings. The third-order valence-electron chi connectivity index (χ3n) is 8.91. The van der Waals surface area contributed by atoms with Gasteiger partial charge in [0.05, 0.1) is 12.0 Å². The number of urea groups is 1. The summed E-state index contributed by atoms with van der Waals surface area (Å²) in [6, 6.07) is 18.6. The number of anilines is 1. The van der Waals surface area contributed by atoms with Crippen LogP contribution in [0, 0.1) is 11.8 Å². The summed E-state index contributed by atoms with van der Waals surface area (Å²) in [4.78, 5) is 32.8. The number of hydrogen-bond acceptors (Lipinski definition) is 5. The molecule has 0 saturated carbocycles. The Bertz CT molecular complexity index is 1110. The molecule has 0 aromatic heterocycles. The van der Waals surface area contributed by atoms with Gasteiger partial charge in [0.2, 0.25) is 5.91 Å². The van der Waals surface area contributed by atoms with Gasteiger partial charge in [0.25, 0.3) is 0 Å². The molecule has 43 heavy (non-hydrogen) atoms. The van der Waals surface area contributed by atoms with Gasteiger partial charge in [-0.2, -0.15) is 0 Å². The van der Waals surface area contributed by atoms with E-state index in [0.717, 1.165) is 62.3 Å². The van der Waals surface area contributed by atoms with Crippen LogP contribution in [0.2, 0.25) is 0 Å². The van der Waals surface area contributed by atoms with E-state index in [1.807, 2.05) is 47.1 Å². The van der Waals surface area contributed by atoms with Gasteiger partial charge < -0.3 is 29.9 Å². The minimum atomic E-state index is -0.381. The Morgan fingerprint density at radius 3 is 2.16 bits per heavy atom. The van der Waals surface area contributed by atoms with E-state index in [9.17, 15) is 14.7 Å². The van der Waals surface area contributed by atoms with Crippen molar-refractivity contribution in [3.05, 3.63) is 60.2 Å². The van der Waals surface area contributed by atoms with E-state index in [4.69, 9.17) is 4.74 Å². The van der Waals surface area contributed by atoms with Crippen LogP contribution in [0.15, 0.2) is 54.6 Å². The molecule has 8 heteroatoms. The highest BCUT2D eigenvalue weighted by molar-refractivity contribution is 5.81. The van der Waals surface area contributed by atoms with Crippen LogP contribution in [-0.2, 0) is 11.4 Å². The number of aliphatic hydroxyl groups excluding tert-OH is 1. The van der Waals surface area contributed by atoms with Crippen LogP contribution in [0.5, 0.6) is 5.75 Å². The van der Waals surface area contributed by atoms with E-state index in [1.54, 1.807) is 0 Å². The van der Waals surface area contributed by atoms with E-state index in [0.29, 0.717) is 32.7 Å². The van der Waals surface area contributed by atoms with Gasteiger partial charge in [0.1, 0.15) is 12.4 Å². The first-order valence-corrected chi connectivity index (χ1v) is 16.3. The van der Waals surface area contributed by atoms with Gasteiger partial charge in [0.15, 0.2) is 0 Å². The number of likely N-dealkylation sites (tertiary alicyclic amines) is 2. The van der Waals surface area contributed by atoms with Gasteiger partial charge in [-0.25, -0.2) is 4.79 Å². The standard InChI is InChI=1S/C35H52N4O4/c1-27(2)33(25-36-35(42)38-20-9-4-5-10-21-38)34(41)37-22-18-31(19-23-37)39(24-17-28(3)40)30-13-15-32(16-14-30)43-26-29-11-7-6-8-12-29/h6-8,11-16,27-28,31,33,40H,4-5,9-10,17-26H2,1-3H3,(H,36,42)/t28?,33-/m1/s1. The first-order valence-electron chi connectivity index (χ1n) is 16.3. The lowest BCUT2D eigenvalue weighted by Crippen LogP contribution is -2.51. The number of carbonyl (C=O) groups is 2. The number of ether oxygens (including phenoxy) is 1. The van der Waals surface area contributed by atoms with Crippen molar-refractivity contribution in [1.29, 1.82) is 0 Å². The van der Waals surface area contributed by atoms with E-state index >= 15 is 0 Å². The number of nitrogens with one attached hydrogen (secondary N) is 1. The van der Waals surface area contributed by atoms with Crippen LogP contribution in [0.25, 0.3) is 0 Å². The molecule has 2 saturated heterocycles. The van der Waals surface area contributed by atoms with Crippen LogP contribution < -0.4 is 15.0 Å². The topological polar surface area (TPSA) is 85.4 Å². The van der Waals surface area contributed by atoms with Crippen LogP contribution in [-0.4, -0.2) is 78.3 Å². The molecule has 0 spiro atoms. The Kier molecular flexibility index (Phi) is 12.6. The molecule has 8 nitrogen and oxygen atoms in total. The maximum Gasteiger partial charge on any atom is 0.317 e. The fourth-order valence-corrected chi connectivity index (χ4v) is 6.15. The molecular formula is C35H52N4O4. The molecule has 2 fully saturated rings. The minimum Gasteiger partial charge on any atom is -0.489 e. The molecule has 2 heterocycles. The van der Waals surface area contributed by atoms with E-state index in [-0.39, 0.29) is 35.9 Å². The van der Waals surface area contributed by atoms with Gasteiger partial charge in [-0.3, -0.25) is 4.79 Å². The summed E-state index contributed by atoms with van der Waals surface area (Å²) < 4.78 is 6.00. The highest BCUT2D eigenvalue weighted by Gasteiger charge is 2.32. The molecular weight excluding hydrogens is 540 g/mol. The normalized spacial score (nSPS) is 17.7. The monoisotopic (exact) mass is 592 g/mol. The van der Waals surface area contributed by atoms with Crippen LogP contribution in [0.4, 0.5) is 10.5 Å². The molecule has 0 aliphatic carbocycles. The maximum absolute atomic E-state index is 13.6. The third-order valence-corrected chi connectivity index (χ3v) is 8.91. The Morgan fingerprint density at radius 1 is 0.907 bits per heavy atom. The number of benzene rings is 2. The fourth-order valence-electron chi connectivity index (χ4n) is 6.15. The van der Waals surface area contributed by atoms with Crippen molar-refractivity contribution in [3.8, 4) is 5.75 Å². The molecule has 2 aromatic carbocycles. The van der Waals surface area contributed by atoms with Crippen LogP contribution in [0.3, 0.4) is 0 Å². The van der Waals surface area contributed by atoms with Gasteiger partial charge in [-0.1, -0.05) is 57.0 Å². The van der Waals surface area contributed by atoms with Crippen molar-refractivity contribution < 1.29 is 19.4 Å². The molecule has 3 amide bonds. The summed E-state index contributed by atoms with van der Waals surface area (Å²) >= 11 is 0. The smallest absolute Gasteiger partial charge is 0.317 e. The first kappa shape index (κ1) is 32.6. The molecule has 2 aliphatic rings. The second kappa shape index (κ2) is 16.6. The lowest BCUT2D eigenvalue weighted by atomic mass is 9.92. The second-order valence-corrected chi connectivity index (χ2v) is 12.6. The Labute approximate surface area is 258 Å². The molecule has 236 valence electrons. The average Bonchev–Trinajstić information content (AvgIpc) is 3.31. The lowest BCUT2D eigenvalue weighted by Gasteiger charge is -2.41. The average molecular weight is 593 g/mol. The second-order valence-electron chi connectivity index (χ2n) is 12.6. The van der Waals surface area contributed by atoms with Gasteiger partial charge in [0, 0.05) is 51.0 Å². The lowest BCUT2D eigenvalue weighted by molar-refractivity contribution is -0.137. The number of aliphatic hydroxyl groups is 1. The molecule has 1 unspecified atom stereocenters. The predicted molar refractivity (Wildman–Crippen MR) is 172 cm³/mol. The molecule has 2 aliphatic heterocycles. The molecule has 0 bridgehead atoms. The number of piperidine rings is 1. The van der Waals surface area contributed by atoms with E-state index in [2.05, 4.69) is 48.3 Å². The summed E-state index contributed by atoms with van der Waals surface area (Å²) in [7, 11) is 0. The van der Waals surface area contributed by atoms with E-state index < -0.39 is 0 Å². The number of carbonyl (C=O) groups excluding carboxylic acids is 2. The van der Waals surface area contributed by atoms with E-state index in [1.165, 1.54) is 12.8 Å². The molecule has 2 atom stereocenters. The van der Waals surface area contributed by atoms with Crippen molar-refractivity contribution in [2.24, 2.45) is 11.8 Å². The Balaban J connectivity index is 1.33. The fraction of sp³-hybridized carbons (Fsp3) is 0.600. The largest absolute Gasteiger partial charge is 0.489 e. The molecule has 0 radical (unpaired) electrons. The zero-order valence-corrected chi connectivity index (χ0v) is 26.4. The highest BCUT2D eigenvalue weighted by atomic mass is 16.5. The van der Waals surface area contributed by atoms with Crippen molar-refractivity contribution in [2.75, 3.05) is 44.2 Å². The van der Waals surface area contributed by atoms with Gasteiger partial charge >= 0.3 is 6.03 Å². The summed E-state index contributed by atoms with van der Waals surface area (Å²) in [5.41, 5.74) is 2.24. The highest BCUT2D eigenvalue weighted by Crippen LogP contribution is 2.28. The van der Waals surface area contributed by atoms with Gasteiger partial charge in [-0.15, -0.1) is 0 Å². The summed E-state index contributed by atoms with van der Waals surface area (Å²) in [6.07, 6.45) is 6.48. The van der Waals surface area contributed by atoms with Crippen molar-refractivity contribution >= 4 is 17.6 Å². The summed E-state index contributed by atoms with van der Waals surface area (Å²) in [6.45, 7) is 10.6. The zero-order valence-electron chi connectivity index (χ0n) is 26.4. The zero-order chi connectivity index (χ0) is 30.6. The molecule has 2 N–H and O–H groups in total. The quantitative estimate of drug-likeness (QED) is 0.331. The number of hydrogen-bond donors (Lipinski definition) is 2. The Morgan fingerprint density at radius 2 is 1.56 bits per heavy atom. The first-order chi connectivity index (χ1) is 20.8. The predicted octanol–water partition coefficient (Wildman–Crippen LogP) is 5.69.